The van der Waals surface area contributed by atoms with Crippen molar-refractivity contribution in [2.75, 3.05) is 5.32 Å². The number of hydrogen-bond acceptors (Lipinski definition) is 5. The highest BCUT2D eigenvalue weighted by Gasteiger charge is 2.33. The van der Waals surface area contributed by atoms with E-state index in [9.17, 15) is 17.8 Å². The molecule has 2 aromatic carbocycles. The van der Waals surface area contributed by atoms with Crippen LogP contribution in [-0.4, -0.2) is 23.9 Å². The number of para-hydroxylation sites is 1. The molecule has 0 bridgehead atoms. The molecule has 3 rings (SSSR count). The lowest BCUT2D eigenvalue weighted by Gasteiger charge is -2.13. The Balaban J connectivity index is 1.95. The summed E-state index contributed by atoms with van der Waals surface area (Å²) in [6.07, 6.45) is 0. The molecule has 0 aliphatic carbocycles. The summed E-state index contributed by atoms with van der Waals surface area (Å²) < 4.78 is 33.5. The van der Waals surface area contributed by atoms with E-state index >= 15 is 0 Å². The molecule has 0 aliphatic heterocycles. The van der Waals surface area contributed by atoms with Crippen LogP contribution in [0.25, 0.3) is 10.2 Å². The van der Waals surface area contributed by atoms with Crippen LogP contribution in [0.4, 0.5) is 5.13 Å². The molecule has 24 heavy (non-hydrogen) atoms. The third-order valence-corrected chi connectivity index (χ3v) is 5.56. The van der Waals surface area contributed by atoms with Gasteiger partial charge in [0, 0.05) is 0 Å². The van der Waals surface area contributed by atoms with Crippen LogP contribution in [-0.2, 0) is 14.9 Å². The zero-order chi connectivity index (χ0) is 17.3. The minimum Gasteiger partial charge on any atom is -0.300 e. The molecule has 6 nitrogen and oxygen atoms in total. The van der Waals surface area contributed by atoms with Gasteiger partial charge in [-0.25, -0.2) is 4.98 Å². The third-order valence-electron chi connectivity index (χ3n) is 3.24. The lowest BCUT2D eigenvalue weighted by atomic mass is 10.1. The Morgan fingerprint density at radius 2 is 1.88 bits per heavy atom. The fraction of sp³-hybridized carbons (Fsp3) is 0.0667. The zero-order valence-corrected chi connectivity index (χ0v) is 14.4. The second-order valence-corrected chi connectivity index (χ2v) is 7.84. The Morgan fingerprint density at radius 1 is 1.17 bits per heavy atom. The maximum Gasteiger partial charge on any atom is 0.281 e. The second-order valence-electron chi connectivity index (χ2n) is 4.90. The van der Waals surface area contributed by atoms with Gasteiger partial charge in [0.15, 0.2) is 10.4 Å². The Labute approximate surface area is 146 Å². The number of nitrogens with zero attached hydrogens (tertiary/aromatic N) is 1. The number of nitrogens with one attached hydrogen (secondary N) is 1. The fourth-order valence-corrected chi connectivity index (χ4v) is 4.22. The van der Waals surface area contributed by atoms with Crippen LogP contribution in [0.1, 0.15) is 10.8 Å². The lowest BCUT2D eigenvalue weighted by Crippen LogP contribution is -2.27. The van der Waals surface area contributed by atoms with Crippen molar-refractivity contribution in [2.24, 2.45) is 0 Å². The van der Waals surface area contributed by atoms with E-state index in [2.05, 4.69) is 10.3 Å². The number of aromatic nitrogens is 1. The standard InChI is InChI=1S/C15H11ClN2O4S2/c16-10-7-4-8-11-12(10)17-15(23-11)18-14(19)13(24(20,21)22)9-5-2-1-3-6-9/h1-8,13H,(H,17,18,19)(H,20,21,22). The van der Waals surface area contributed by atoms with Gasteiger partial charge in [0.1, 0.15) is 5.52 Å². The Hall–Kier alpha value is -2.00. The fourth-order valence-electron chi connectivity index (χ4n) is 2.23. The van der Waals surface area contributed by atoms with Gasteiger partial charge in [-0.2, -0.15) is 8.42 Å². The summed E-state index contributed by atoms with van der Waals surface area (Å²) in [4.78, 5) is 16.6. The molecular formula is C15H11ClN2O4S2. The van der Waals surface area contributed by atoms with Gasteiger partial charge in [-0.05, 0) is 17.7 Å². The van der Waals surface area contributed by atoms with Gasteiger partial charge in [-0.15, -0.1) is 0 Å². The second kappa shape index (κ2) is 6.48. The van der Waals surface area contributed by atoms with E-state index in [0.29, 0.717) is 10.5 Å². The molecule has 1 heterocycles. The first-order chi connectivity index (χ1) is 11.4. The Bertz CT molecular complexity index is 1000. The van der Waals surface area contributed by atoms with E-state index in [1.165, 1.54) is 12.1 Å². The van der Waals surface area contributed by atoms with E-state index in [0.717, 1.165) is 16.0 Å². The van der Waals surface area contributed by atoms with Crippen molar-refractivity contribution in [2.45, 2.75) is 5.25 Å². The lowest BCUT2D eigenvalue weighted by molar-refractivity contribution is -0.116. The van der Waals surface area contributed by atoms with E-state index < -0.39 is 21.3 Å². The van der Waals surface area contributed by atoms with E-state index in [-0.39, 0.29) is 10.7 Å². The van der Waals surface area contributed by atoms with Gasteiger partial charge >= 0.3 is 0 Å². The zero-order valence-electron chi connectivity index (χ0n) is 12.0. The normalized spacial score (nSPS) is 12.9. The molecule has 124 valence electrons. The van der Waals surface area contributed by atoms with Gasteiger partial charge < -0.3 is 5.32 Å². The quantitative estimate of drug-likeness (QED) is 0.673. The maximum absolute atomic E-state index is 12.4. The van der Waals surface area contributed by atoms with Gasteiger partial charge in [-0.1, -0.05) is 59.3 Å². The van der Waals surface area contributed by atoms with Crippen LogP contribution in [0.3, 0.4) is 0 Å². The van der Waals surface area contributed by atoms with Crippen LogP contribution in [0.2, 0.25) is 5.02 Å². The molecule has 0 saturated carbocycles. The number of thiazole rings is 1. The minimum atomic E-state index is -4.64. The Morgan fingerprint density at radius 3 is 2.50 bits per heavy atom. The monoisotopic (exact) mass is 382 g/mol. The highest BCUT2D eigenvalue weighted by molar-refractivity contribution is 7.86. The summed E-state index contributed by atoms with van der Waals surface area (Å²) in [5.41, 5.74) is 0.680. The van der Waals surface area contributed by atoms with Crippen LogP contribution in [0.5, 0.6) is 0 Å². The number of rotatable bonds is 4. The third kappa shape index (κ3) is 3.41. The highest BCUT2D eigenvalue weighted by Crippen LogP contribution is 2.32. The van der Waals surface area contributed by atoms with E-state index in [4.69, 9.17) is 11.6 Å². The van der Waals surface area contributed by atoms with Crippen LogP contribution in [0, 0.1) is 0 Å². The van der Waals surface area contributed by atoms with Gasteiger partial charge in [0.2, 0.25) is 0 Å². The summed E-state index contributed by atoms with van der Waals surface area (Å²) in [5, 5.41) is 1.33. The summed E-state index contributed by atoms with van der Waals surface area (Å²) in [6, 6.07) is 12.9. The van der Waals surface area contributed by atoms with Gasteiger partial charge in [0.25, 0.3) is 16.0 Å². The summed E-state index contributed by atoms with van der Waals surface area (Å²) in [7, 11) is -4.64. The predicted molar refractivity (Wildman–Crippen MR) is 94.0 cm³/mol. The van der Waals surface area contributed by atoms with Crippen molar-refractivity contribution in [3.05, 3.63) is 59.1 Å². The van der Waals surface area contributed by atoms with Crippen LogP contribution < -0.4 is 5.32 Å². The predicted octanol–water partition coefficient (Wildman–Crippen LogP) is 3.52. The summed E-state index contributed by atoms with van der Waals surface area (Å²) in [6.45, 7) is 0. The number of amides is 1. The molecule has 1 atom stereocenters. The first-order valence-corrected chi connectivity index (χ1v) is 9.43. The number of halogens is 1. The molecule has 1 unspecified atom stereocenters. The largest absolute Gasteiger partial charge is 0.300 e. The number of benzene rings is 2. The molecular weight excluding hydrogens is 372 g/mol. The molecule has 0 aliphatic rings. The molecule has 0 spiro atoms. The number of hydrogen-bond donors (Lipinski definition) is 2. The van der Waals surface area contributed by atoms with Crippen molar-refractivity contribution in [1.29, 1.82) is 0 Å². The molecule has 2 N–H and O–H groups in total. The Kier molecular flexibility index (Phi) is 4.55. The number of carbonyl (C=O) groups excluding carboxylic acids is 1. The van der Waals surface area contributed by atoms with Crippen molar-refractivity contribution in [3.8, 4) is 0 Å². The molecule has 3 aromatic rings. The average molecular weight is 383 g/mol. The minimum absolute atomic E-state index is 0.164. The van der Waals surface area contributed by atoms with Crippen LogP contribution in [0.15, 0.2) is 48.5 Å². The number of fused-ring (bicyclic) bond motifs is 1. The van der Waals surface area contributed by atoms with Crippen molar-refractivity contribution in [1.82, 2.24) is 4.98 Å². The first-order valence-electron chi connectivity index (χ1n) is 6.73. The number of carbonyl (C=O) groups is 1. The topological polar surface area (TPSA) is 96.4 Å². The molecule has 0 saturated heterocycles. The maximum atomic E-state index is 12.4. The average Bonchev–Trinajstić information content (AvgIpc) is 2.91. The van der Waals surface area contributed by atoms with Crippen molar-refractivity contribution in [3.63, 3.8) is 0 Å². The van der Waals surface area contributed by atoms with Gasteiger partial charge in [-0.3, -0.25) is 9.35 Å². The number of anilines is 1. The van der Waals surface area contributed by atoms with E-state index in [1.54, 1.807) is 36.4 Å². The molecule has 0 fully saturated rings. The smallest absolute Gasteiger partial charge is 0.281 e. The molecule has 0 radical (unpaired) electrons. The van der Waals surface area contributed by atoms with E-state index in [1.807, 2.05) is 0 Å². The molecule has 9 heteroatoms. The van der Waals surface area contributed by atoms with Crippen molar-refractivity contribution < 1.29 is 17.8 Å². The van der Waals surface area contributed by atoms with Gasteiger partial charge in [0.05, 0.1) is 9.72 Å². The molecule has 1 amide bonds. The van der Waals surface area contributed by atoms with Crippen molar-refractivity contribution >= 4 is 54.3 Å². The summed E-state index contributed by atoms with van der Waals surface area (Å²) in [5.74, 6) is -0.890. The highest BCUT2D eigenvalue weighted by atomic mass is 35.5. The molecule has 1 aromatic heterocycles. The van der Waals surface area contributed by atoms with Crippen LogP contribution >= 0.6 is 22.9 Å². The summed E-state index contributed by atoms with van der Waals surface area (Å²) >= 11 is 7.19. The first kappa shape index (κ1) is 16.8. The SMILES string of the molecule is O=C(Nc1nc2c(Cl)cccc2s1)C(c1ccccc1)S(=O)(=O)O.